The number of para-hydroxylation sites is 1. The van der Waals surface area contributed by atoms with E-state index in [9.17, 15) is 31.1 Å². The number of hydrogen-bond acceptors (Lipinski definition) is 3. The maximum absolute atomic E-state index is 13.5. The molecule has 0 radical (unpaired) electrons. The molecule has 36 heavy (non-hydrogen) atoms. The van der Waals surface area contributed by atoms with Gasteiger partial charge in [0.2, 0.25) is 0 Å². The van der Waals surface area contributed by atoms with Gasteiger partial charge in [-0.05, 0) is 35.9 Å². The summed E-state index contributed by atoms with van der Waals surface area (Å²) in [5, 5.41) is 0.690. The molecule has 5 aromatic rings. The monoisotopic (exact) mass is 519 g/mol. The maximum Gasteiger partial charge on any atom is 0.416 e. The lowest BCUT2D eigenvalue weighted by atomic mass is 10.1. The molecule has 11 heteroatoms. The highest BCUT2D eigenvalue weighted by Gasteiger charge is 2.32. The van der Waals surface area contributed by atoms with Gasteiger partial charge in [-0.3, -0.25) is 9.36 Å². The van der Waals surface area contributed by atoms with Crippen LogP contribution in [0.15, 0.2) is 82.7 Å². The Morgan fingerprint density at radius 3 is 2.22 bits per heavy atom. The van der Waals surface area contributed by atoms with Crippen molar-refractivity contribution in [1.29, 1.82) is 0 Å². The lowest BCUT2D eigenvalue weighted by Crippen LogP contribution is -2.22. The van der Waals surface area contributed by atoms with Crippen LogP contribution in [0.4, 0.5) is 26.3 Å². The van der Waals surface area contributed by atoms with Gasteiger partial charge in [-0.2, -0.15) is 26.3 Å². The van der Waals surface area contributed by atoms with E-state index in [1.807, 2.05) is 0 Å². The molecule has 0 saturated carbocycles. The second-order valence-electron chi connectivity index (χ2n) is 7.96. The van der Waals surface area contributed by atoms with Gasteiger partial charge in [-0.1, -0.05) is 54.2 Å². The quantitative estimate of drug-likeness (QED) is 0.155. The minimum absolute atomic E-state index is 0.00316. The Morgan fingerprint density at radius 1 is 0.833 bits per heavy atom. The summed E-state index contributed by atoms with van der Waals surface area (Å²) in [6.07, 6.45) is -9.16. The predicted molar refractivity (Wildman–Crippen MR) is 125 cm³/mol. The van der Waals surface area contributed by atoms with E-state index in [-0.39, 0.29) is 22.1 Å². The summed E-state index contributed by atoms with van der Waals surface area (Å²) >= 11 is 0.958. The number of thioether (sulfide) groups is 1. The third kappa shape index (κ3) is 4.46. The van der Waals surface area contributed by atoms with E-state index in [0.717, 1.165) is 40.6 Å². The SMILES string of the molecule is O=c1c2[nH]c3ccccc3c2nc(SCc2cccc(C(F)(F)F)c2)n1-c1cccc(C(F)(F)F)c1. The van der Waals surface area contributed by atoms with Crippen LogP contribution in [0, 0.1) is 0 Å². The molecule has 2 aromatic heterocycles. The summed E-state index contributed by atoms with van der Waals surface area (Å²) in [5.41, 5.74) is -1.08. The largest absolute Gasteiger partial charge is 0.416 e. The van der Waals surface area contributed by atoms with Gasteiger partial charge in [-0.15, -0.1) is 0 Å². The van der Waals surface area contributed by atoms with Crippen LogP contribution < -0.4 is 5.56 Å². The Hall–Kier alpha value is -3.73. The smallest absolute Gasteiger partial charge is 0.349 e. The van der Waals surface area contributed by atoms with Crippen molar-refractivity contribution < 1.29 is 26.3 Å². The number of rotatable bonds is 4. The molecule has 5 rings (SSSR count). The molecular weight excluding hydrogens is 504 g/mol. The number of nitrogens with one attached hydrogen (secondary N) is 1. The van der Waals surface area contributed by atoms with Crippen molar-refractivity contribution in [1.82, 2.24) is 14.5 Å². The number of aromatic nitrogens is 3. The van der Waals surface area contributed by atoms with Crippen LogP contribution in [0.1, 0.15) is 16.7 Å². The van der Waals surface area contributed by atoms with E-state index < -0.39 is 29.0 Å². The van der Waals surface area contributed by atoms with Crippen LogP contribution in [0.5, 0.6) is 0 Å². The highest BCUT2D eigenvalue weighted by Crippen LogP contribution is 2.34. The van der Waals surface area contributed by atoms with Crippen molar-refractivity contribution in [2.75, 3.05) is 0 Å². The van der Waals surface area contributed by atoms with E-state index >= 15 is 0 Å². The predicted octanol–water partition coefficient (Wildman–Crippen LogP) is 7.20. The molecule has 2 heterocycles. The molecular formula is C25H15F6N3OS. The van der Waals surface area contributed by atoms with Crippen molar-refractivity contribution in [2.24, 2.45) is 0 Å². The molecule has 1 N–H and O–H groups in total. The number of alkyl halides is 6. The third-order valence-corrected chi connectivity index (χ3v) is 6.56. The molecule has 3 aromatic carbocycles. The fourth-order valence-electron chi connectivity index (χ4n) is 3.87. The average molecular weight is 519 g/mol. The second kappa shape index (κ2) is 8.74. The maximum atomic E-state index is 13.5. The van der Waals surface area contributed by atoms with Crippen LogP contribution in [0.2, 0.25) is 0 Å². The minimum Gasteiger partial charge on any atom is -0.349 e. The van der Waals surface area contributed by atoms with Crippen LogP contribution in [0.3, 0.4) is 0 Å². The third-order valence-electron chi connectivity index (χ3n) is 5.55. The molecule has 4 nitrogen and oxygen atoms in total. The van der Waals surface area contributed by atoms with Crippen LogP contribution >= 0.6 is 11.8 Å². The molecule has 0 unspecified atom stereocenters. The summed E-state index contributed by atoms with van der Waals surface area (Å²) in [5.74, 6) is 0.00316. The molecule has 0 atom stereocenters. The van der Waals surface area contributed by atoms with Gasteiger partial charge < -0.3 is 4.98 Å². The number of hydrogen-bond donors (Lipinski definition) is 1. The lowest BCUT2D eigenvalue weighted by molar-refractivity contribution is -0.138. The first-order valence-electron chi connectivity index (χ1n) is 10.5. The van der Waals surface area contributed by atoms with Gasteiger partial charge in [0.25, 0.3) is 5.56 Å². The molecule has 0 fully saturated rings. The first-order valence-corrected chi connectivity index (χ1v) is 11.5. The highest BCUT2D eigenvalue weighted by molar-refractivity contribution is 7.98. The zero-order chi connectivity index (χ0) is 25.7. The van der Waals surface area contributed by atoms with Crippen molar-refractivity contribution in [2.45, 2.75) is 23.3 Å². The van der Waals surface area contributed by atoms with Crippen molar-refractivity contribution in [3.63, 3.8) is 0 Å². The summed E-state index contributed by atoms with van der Waals surface area (Å²) in [4.78, 5) is 21.1. The van der Waals surface area contributed by atoms with Gasteiger partial charge >= 0.3 is 12.4 Å². The normalized spacial score (nSPS) is 12.5. The molecule has 0 aliphatic rings. The van der Waals surface area contributed by atoms with Crippen molar-refractivity contribution in [3.8, 4) is 5.69 Å². The number of fused-ring (bicyclic) bond motifs is 3. The van der Waals surface area contributed by atoms with E-state index in [1.54, 1.807) is 24.3 Å². The van der Waals surface area contributed by atoms with Gasteiger partial charge in [-0.25, -0.2) is 4.98 Å². The Morgan fingerprint density at radius 2 is 1.50 bits per heavy atom. The van der Waals surface area contributed by atoms with Crippen LogP contribution in [-0.2, 0) is 18.1 Å². The number of nitrogens with zero attached hydrogens (tertiary/aromatic N) is 2. The summed E-state index contributed by atoms with van der Waals surface area (Å²) in [6, 6.07) is 16.0. The number of H-pyrrole nitrogens is 1. The Bertz CT molecular complexity index is 1650. The highest BCUT2D eigenvalue weighted by atomic mass is 32.2. The number of halogens is 6. The van der Waals surface area contributed by atoms with Crippen molar-refractivity contribution in [3.05, 3.63) is 99.8 Å². The zero-order valence-electron chi connectivity index (χ0n) is 18.1. The molecule has 0 aliphatic heterocycles. The first kappa shape index (κ1) is 24.0. The summed E-state index contributed by atoms with van der Waals surface area (Å²) in [6.45, 7) is 0. The molecule has 0 saturated heterocycles. The summed E-state index contributed by atoms with van der Waals surface area (Å²) < 4.78 is 80.6. The fraction of sp³-hybridized carbons (Fsp3) is 0.120. The number of aromatic amines is 1. The van der Waals surface area contributed by atoms with E-state index in [2.05, 4.69) is 9.97 Å². The average Bonchev–Trinajstić information content (AvgIpc) is 3.21. The summed E-state index contributed by atoms with van der Waals surface area (Å²) in [7, 11) is 0. The molecule has 0 amide bonds. The second-order valence-corrected chi connectivity index (χ2v) is 8.91. The van der Waals surface area contributed by atoms with Crippen LogP contribution in [0.25, 0.3) is 27.6 Å². The van der Waals surface area contributed by atoms with E-state index in [0.29, 0.717) is 22.0 Å². The van der Waals surface area contributed by atoms with E-state index in [4.69, 9.17) is 0 Å². The Kier molecular flexibility index (Phi) is 5.82. The van der Waals surface area contributed by atoms with Crippen LogP contribution in [-0.4, -0.2) is 14.5 Å². The van der Waals surface area contributed by atoms with Gasteiger partial charge in [0.15, 0.2) is 5.16 Å². The molecule has 0 spiro atoms. The zero-order valence-corrected chi connectivity index (χ0v) is 18.9. The Labute approximate surface area is 203 Å². The molecule has 184 valence electrons. The standard InChI is InChI=1S/C25H15F6N3OS/c26-24(27,28)15-6-3-5-14(11-15)13-36-23-33-20-18-9-1-2-10-19(18)32-21(20)22(35)34(23)17-8-4-7-16(12-17)25(29,30)31/h1-12,32H,13H2. The Balaban J connectivity index is 1.67. The van der Waals surface area contributed by atoms with Gasteiger partial charge in [0.05, 0.1) is 16.8 Å². The molecule has 0 aliphatic carbocycles. The van der Waals surface area contributed by atoms with E-state index in [1.165, 1.54) is 24.3 Å². The minimum atomic E-state index is -4.64. The fourth-order valence-corrected chi connectivity index (χ4v) is 4.82. The number of benzene rings is 3. The first-order chi connectivity index (χ1) is 17.0. The van der Waals surface area contributed by atoms with Gasteiger partial charge in [0, 0.05) is 16.7 Å². The van der Waals surface area contributed by atoms with Gasteiger partial charge in [0.1, 0.15) is 11.0 Å². The topological polar surface area (TPSA) is 50.7 Å². The van der Waals surface area contributed by atoms with Crippen molar-refractivity contribution >= 4 is 33.7 Å². The lowest BCUT2D eigenvalue weighted by Gasteiger charge is -2.14. The molecule has 0 bridgehead atoms.